The number of hydrogen-bond donors (Lipinski definition) is 0. The Morgan fingerprint density at radius 1 is 1.28 bits per heavy atom. The fraction of sp³-hybridized carbons (Fsp3) is 0.154. The van der Waals surface area contributed by atoms with Crippen molar-refractivity contribution in [2.24, 2.45) is 0 Å². The first kappa shape index (κ1) is 10.7. The Morgan fingerprint density at radius 3 is 2.83 bits per heavy atom. The number of rotatable bonds is 1. The van der Waals surface area contributed by atoms with Crippen LogP contribution < -0.4 is 5.63 Å². The summed E-state index contributed by atoms with van der Waals surface area (Å²) < 4.78 is 6.81. The second-order valence-electron chi connectivity index (χ2n) is 4.11. The summed E-state index contributed by atoms with van der Waals surface area (Å²) in [5.41, 5.74) is 1.74. The molecule has 0 aliphatic carbocycles. The first-order valence-electron chi connectivity index (χ1n) is 5.58. The smallest absolute Gasteiger partial charge is 0.337 e. The molecule has 0 aromatic carbocycles. The van der Waals surface area contributed by atoms with Gasteiger partial charge in [0.15, 0.2) is 5.82 Å². The lowest BCUT2D eigenvalue weighted by atomic mass is 10.2. The molecule has 90 valence electrons. The minimum atomic E-state index is -0.378. The van der Waals surface area contributed by atoms with E-state index in [2.05, 4.69) is 10.1 Å². The first-order chi connectivity index (χ1) is 8.66. The third-order valence-electron chi connectivity index (χ3n) is 2.81. The fourth-order valence-electron chi connectivity index (χ4n) is 2.06. The third kappa shape index (κ3) is 1.52. The molecule has 3 rings (SSSR count). The highest BCUT2D eigenvalue weighted by Crippen LogP contribution is 2.22. The standard InChI is InChI=1S/C13H11N3O2/c1-8-7-11(17)18-13-12(8)9(2)15-16(13)10-5-3-4-6-14-10/h3-7H,1-2H3. The molecule has 3 aromatic heterocycles. The van der Waals surface area contributed by atoms with Crippen LogP contribution in [0.4, 0.5) is 0 Å². The summed E-state index contributed by atoms with van der Waals surface area (Å²) >= 11 is 0. The molecule has 3 heterocycles. The molecular formula is C13H11N3O2. The van der Waals surface area contributed by atoms with E-state index in [1.165, 1.54) is 6.07 Å². The van der Waals surface area contributed by atoms with Gasteiger partial charge in [-0.3, -0.25) is 0 Å². The van der Waals surface area contributed by atoms with Gasteiger partial charge in [-0.05, 0) is 31.5 Å². The predicted octanol–water partition coefficient (Wildman–Crippen LogP) is 1.99. The van der Waals surface area contributed by atoms with Crippen molar-refractivity contribution in [3.8, 4) is 5.82 Å². The molecule has 5 nitrogen and oxygen atoms in total. The molecule has 3 aromatic rings. The highest BCUT2D eigenvalue weighted by Gasteiger charge is 2.14. The van der Waals surface area contributed by atoms with Crippen molar-refractivity contribution < 1.29 is 4.42 Å². The van der Waals surface area contributed by atoms with Crippen molar-refractivity contribution in [1.82, 2.24) is 14.8 Å². The van der Waals surface area contributed by atoms with Crippen molar-refractivity contribution in [3.05, 3.63) is 52.1 Å². The Morgan fingerprint density at radius 2 is 2.11 bits per heavy atom. The molecule has 0 fully saturated rings. The van der Waals surface area contributed by atoms with Crippen LogP contribution in [-0.4, -0.2) is 14.8 Å². The van der Waals surface area contributed by atoms with Crippen LogP contribution in [0.3, 0.4) is 0 Å². The summed E-state index contributed by atoms with van der Waals surface area (Å²) in [6.45, 7) is 3.76. The van der Waals surface area contributed by atoms with Crippen LogP contribution in [0.2, 0.25) is 0 Å². The summed E-state index contributed by atoms with van der Waals surface area (Å²) in [6.07, 6.45) is 1.67. The second kappa shape index (κ2) is 3.80. The molecule has 0 saturated carbocycles. The van der Waals surface area contributed by atoms with Crippen molar-refractivity contribution in [2.75, 3.05) is 0 Å². The minimum Gasteiger partial charge on any atom is -0.403 e. The van der Waals surface area contributed by atoms with E-state index in [4.69, 9.17) is 4.42 Å². The van der Waals surface area contributed by atoms with E-state index in [0.717, 1.165) is 16.6 Å². The number of aromatic nitrogens is 3. The van der Waals surface area contributed by atoms with Gasteiger partial charge in [0.25, 0.3) is 0 Å². The van der Waals surface area contributed by atoms with Crippen LogP contribution in [-0.2, 0) is 0 Å². The van der Waals surface area contributed by atoms with E-state index < -0.39 is 0 Å². The van der Waals surface area contributed by atoms with Crippen molar-refractivity contribution in [2.45, 2.75) is 13.8 Å². The Balaban J connectivity index is 2.42. The van der Waals surface area contributed by atoms with Crippen molar-refractivity contribution in [1.29, 1.82) is 0 Å². The minimum absolute atomic E-state index is 0.378. The van der Waals surface area contributed by atoms with Gasteiger partial charge in [-0.2, -0.15) is 9.78 Å². The SMILES string of the molecule is Cc1cc(=O)oc2c1c(C)nn2-c1ccccn1. The van der Waals surface area contributed by atoms with E-state index in [9.17, 15) is 4.79 Å². The van der Waals surface area contributed by atoms with E-state index >= 15 is 0 Å². The highest BCUT2D eigenvalue weighted by molar-refractivity contribution is 5.81. The van der Waals surface area contributed by atoms with Crippen LogP contribution in [0, 0.1) is 13.8 Å². The summed E-state index contributed by atoms with van der Waals surface area (Å²) in [6, 6.07) is 6.97. The normalized spacial score (nSPS) is 11.0. The number of hydrogen-bond acceptors (Lipinski definition) is 4. The quantitative estimate of drug-likeness (QED) is 0.653. The van der Waals surface area contributed by atoms with Crippen LogP contribution in [0.15, 0.2) is 39.7 Å². The number of pyridine rings is 1. The van der Waals surface area contributed by atoms with Crippen LogP contribution in [0.25, 0.3) is 16.9 Å². The number of fused-ring (bicyclic) bond motifs is 1. The molecular weight excluding hydrogens is 230 g/mol. The van der Waals surface area contributed by atoms with Gasteiger partial charge in [0.2, 0.25) is 5.71 Å². The van der Waals surface area contributed by atoms with E-state index in [-0.39, 0.29) is 5.63 Å². The summed E-state index contributed by atoms with van der Waals surface area (Å²) in [4.78, 5) is 15.7. The lowest BCUT2D eigenvalue weighted by Crippen LogP contribution is -2.02. The van der Waals surface area contributed by atoms with E-state index in [1.54, 1.807) is 10.9 Å². The molecule has 0 aliphatic rings. The van der Waals surface area contributed by atoms with Gasteiger partial charge in [0.05, 0.1) is 11.1 Å². The zero-order valence-electron chi connectivity index (χ0n) is 10.0. The Hall–Kier alpha value is -2.43. The van der Waals surface area contributed by atoms with Gasteiger partial charge in [0, 0.05) is 12.3 Å². The maximum absolute atomic E-state index is 11.5. The lowest BCUT2D eigenvalue weighted by molar-refractivity contribution is 0.533. The largest absolute Gasteiger partial charge is 0.403 e. The molecule has 0 atom stereocenters. The van der Waals surface area contributed by atoms with Gasteiger partial charge in [0.1, 0.15) is 0 Å². The van der Waals surface area contributed by atoms with E-state index in [1.807, 2.05) is 32.0 Å². The first-order valence-corrected chi connectivity index (χ1v) is 5.58. The molecule has 0 unspecified atom stereocenters. The van der Waals surface area contributed by atoms with Crippen LogP contribution in [0.1, 0.15) is 11.3 Å². The average Bonchev–Trinajstić information content (AvgIpc) is 2.67. The van der Waals surface area contributed by atoms with Gasteiger partial charge in [-0.15, -0.1) is 0 Å². The average molecular weight is 241 g/mol. The van der Waals surface area contributed by atoms with Gasteiger partial charge in [-0.25, -0.2) is 9.78 Å². The Kier molecular flexibility index (Phi) is 2.26. The van der Waals surface area contributed by atoms with Crippen molar-refractivity contribution in [3.63, 3.8) is 0 Å². The summed E-state index contributed by atoms with van der Waals surface area (Å²) in [5.74, 6) is 0.629. The maximum atomic E-state index is 11.5. The van der Waals surface area contributed by atoms with Gasteiger partial charge >= 0.3 is 5.63 Å². The molecule has 0 saturated heterocycles. The molecule has 0 spiro atoms. The summed E-state index contributed by atoms with van der Waals surface area (Å²) in [5, 5.41) is 5.24. The highest BCUT2D eigenvalue weighted by atomic mass is 16.4. The molecule has 0 N–H and O–H groups in total. The molecule has 18 heavy (non-hydrogen) atoms. The topological polar surface area (TPSA) is 60.9 Å². The fourth-order valence-corrected chi connectivity index (χ4v) is 2.06. The molecule has 0 bridgehead atoms. The molecule has 0 aliphatic heterocycles. The maximum Gasteiger partial charge on any atom is 0.337 e. The lowest BCUT2D eigenvalue weighted by Gasteiger charge is -2.00. The molecule has 5 heteroatoms. The molecule has 0 radical (unpaired) electrons. The van der Waals surface area contributed by atoms with Gasteiger partial charge in [-0.1, -0.05) is 6.07 Å². The Bertz CT molecular complexity index is 772. The second-order valence-corrected chi connectivity index (χ2v) is 4.11. The third-order valence-corrected chi connectivity index (χ3v) is 2.81. The zero-order chi connectivity index (χ0) is 12.7. The van der Waals surface area contributed by atoms with Gasteiger partial charge < -0.3 is 4.42 Å². The number of nitrogens with zero attached hydrogens (tertiary/aromatic N) is 3. The van der Waals surface area contributed by atoms with E-state index in [0.29, 0.717) is 11.5 Å². The van der Waals surface area contributed by atoms with Crippen LogP contribution >= 0.6 is 0 Å². The molecule has 0 amide bonds. The Labute approximate surface area is 103 Å². The summed E-state index contributed by atoms with van der Waals surface area (Å²) in [7, 11) is 0. The zero-order valence-corrected chi connectivity index (χ0v) is 10.0. The predicted molar refractivity (Wildman–Crippen MR) is 66.9 cm³/mol. The van der Waals surface area contributed by atoms with Crippen LogP contribution in [0.5, 0.6) is 0 Å². The monoisotopic (exact) mass is 241 g/mol. The van der Waals surface area contributed by atoms with Crippen molar-refractivity contribution >= 4 is 11.1 Å². The number of aryl methyl sites for hydroxylation is 2.